The molecule has 1 aromatic heterocycles. The van der Waals surface area contributed by atoms with Crippen molar-refractivity contribution in [2.45, 2.75) is 39.8 Å². The minimum atomic E-state index is -0.766. The predicted molar refractivity (Wildman–Crippen MR) is 181 cm³/mol. The summed E-state index contributed by atoms with van der Waals surface area (Å²) in [5.41, 5.74) is 2.78. The summed E-state index contributed by atoms with van der Waals surface area (Å²) in [5.74, 6) is 0.878. The Labute approximate surface area is 275 Å². The quantitative estimate of drug-likeness (QED) is 0.144. The van der Waals surface area contributed by atoms with Crippen molar-refractivity contribution in [3.63, 3.8) is 0 Å². The minimum Gasteiger partial charge on any atom is -0.494 e. The number of ether oxygens (including phenoxy) is 3. The number of nitrogens with zero attached hydrogens (tertiary/aromatic N) is 2. The van der Waals surface area contributed by atoms with Crippen LogP contribution >= 0.6 is 49.9 Å². The van der Waals surface area contributed by atoms with Gasteiger partial charge in [-0.1, -0.05) is 69.7 Å². The van der Waals surface area contributed by atoms with Crippen LogP contribution in [0.1, 0.15) is 50.4 Å². The molecule has 0 bridgehead atoms. The number of carbonyl (C=O) groups excluding carboxylic acids is 1. The largest absolute Gasteiger partial charge is 0.494 e. The van der Waals surface area contributed by atoms with E-state index in [2.05, 4.69) is 38.5 Å². The molecule has 0 aliphatic carbocycles. The number of halogens is 2. The van der Waals surface area contributed by atoms with Gasteiger partial charge in [0.15, 0.2) is 4.80 Å². The summed E-state index contributed by atoms with van der Waals surface area (Å²) in [6.07, 6.45) is 1.78. The maximum atomic E-state index is 14.3. The van der Waals surface area contributed by atoms with Crippen molar-refractivity contribution >= 4 is 67.6 Å². The Morgan fingerprint density at radius 2 is 1.81 bits per heavy atom. The van der Waals surface area contributed by atoms with Crippen LogP contribution in [0, 0.1) is 3.57 Å². The summed E-state index contributed by atoms with van der Waals surface area (Å²) < 4.78 is 21.2. The van der Waals surface area contributed by atoms with Gasteiger partial charge in [-0.3, -0.25) is 9.36 Å². The highest BCUT2D eigenvalue weighted by molar-refractivity contribution is 14.1. The molecule has 4 aromatic rings. The molecule has 43 heavy (non-hydrogen) atoms. The van der Waals surface area contributed by atoms with Gasteiger partial charge in [0, 0.05) is 15.6 Å². The molecule has 0 fully saturated rings. The Balaban J connectivity index is 1.81. The molecule has 5 rings (SSSR count). The van der Waals surface area contributed by atoms with Crippen molar-refractivity contribution in [3.8, 4) is 11.5 Å². The van der Waals surface area contributed by atoms with Crippen molar-refractivity contribution in [1.29, 1.82) is 0 Å². The Morgan fingerprint density at radius 1 is 1.09 bits per heavy atom. The lowest BCUT2D eigenvalue weighted by atomic mass is 9.93. The van der Waals surface area contributed by atoms with Gasteiger partial charge in [0.05, 0.1) is 44.7 Å². The minimum absolute atomic E-state index is 0.0525. The van der Waals surface area contributed by atoms with Gasteiger partial charge in [-0.2, -0.15) is 0 Å². The van der Waals surface area contributed by atoms with Crippen molar-refractivity contribution in [1.82, 2.24) is 4.57 Å². The van der Waals surface area contributed by atoms with E-state index in [-0.39, 0.29) is 18.3 Å². The van der Waals surface area contributed by atoms with E-state index in [1.807, 2.05) is 93.6 Å². The molecule has 1 atom stereocenters. The first kappa shape index (κ1) is 31.2. The molecule has 0 N–H and O–H groups in total. The summed E-state index contributed by atoms with van der Waals surface area (Å²) in [7, 11) is 0. The average molecular weight is 773 g/mol. The van der Waals surface area contributed by atoms with Crippen LogP contribution in [-0.4, -0.2) is 29.9 Å². The van der Waals surface area contributed by atoms with Crippen LogP contribution in [0.4, 0.5) is 0 Å². The first-order chi connectivity index (χ1) is 20.7. The van der Waals surface area contributed by atoms with Crippen LogP contribution in [0.5, 0.6) is 11.5 Å². The van der Waals surface area contributed by atoms with E-state index in [0.717, 1.165) is 24.7 Å². The standard InChI is InChI=1S/C33H30BrIN2O5S/c1-5-40-24-14-12-21(13-15-24)29-27(32(39)41-6-2)28(20-10-8-7-9-11-20)36-33-37(29)31(38)26(43-33)17-22-16-23(34)18-25(35)30(22)42-19(3)4/h7-19,29H,5-6H2,1-4H3/b26-17-/t29-/m0/s1. The molecule has 3 aromatic carbocycles. The lowest BCUT2D eigenvalue weighted by molar-refractivity contribution is -0.138. The van der Waals surface area contributed by atoms with Gasteiger partial charge in [-0.25, -0.2) is 9.79 Å². The Bertz CT molecular complexity index is 1860. The molecule has 1 aliphatic rings. The molecule has 0 spiro atoms. The Hall–Kier alpha value is -3.22. The van der Waals surface area contributed by atoms with Gasteiger partial charge in [-0.15, -0.1) is 0 Å². The molecule has 2 heterocycles. The number of aromatic nitrogens is 1. The van der Waals surface area contributed by atoms with Crippen molar-refractivity contribution in [2.75, 3.05) is 13.2 Å². The smallest absolute Gasteiger partial charge is 0.338 e. The van der Waals surface area contributed by atoms with Crippen LogP contribution in [0.3, 0.4) is 0 Å². The average Bonchev–Trinajstić information content (AvgIpc) is 3.29. The topological polar surface area (TPSA) is 79.1 Å². The molecular formula is C33H30BrIN2O5S. The van der Waals surface area contributed by atoms with Crippen LogP contribution in [0.2, 0.25) is 0 Å². The van der Waals surface area contributed by atoms with Crippen LogP contribution < -0.4 is 24.4 Å². The molecule has 0 saturated heterocycles. The fraction of sp³-hybridized carbons (Fsp3) is 0.242. The van der Waals surface area contributed by atoms with Gasteiger partial charge in [0.25, 0.3) is 5.56 Å². The number of fused-ring (bicyclic) bond motifs is 1. The van der Waals surface area contributed by atoms with Crippen LogP contribution in [-0.2, 0) is 9.53 Å². The molecular weight excluding hydrogens is 743 g/mol. The Morgan fingerprint density at radius 3 is 2.47 bits per heavy atom. The zero-order valence-corrected chi connectivity index (χ0v) is 28.7. The van der Waals surface area contributed by atoms with Crippen LogP contribution in [0.25, 0.3) is 11.8 Å². The Kier molecular flexibility index (Phi) is 9.88. The first-order valence-electron chi connectivity index (χ1n) is 13.9. The fourth-order valence-electron chi connectivity index (χ4n) is 4.86. The van der Waals surface area contributed by atoms with E-state index in [9.17, 15) is 9.59 Å². The number of rotatable bonds is 9. The fourth-order valence-corrected chi connectivity index (χ4v) is 7.53. The van der Waals surface area contributed by atoms with E-state index in [1.54, 1.807) is 11.5 Å². The summed E-state index contributed by atoms with van der Waals surface area (Å²) in [6.45, 7) is 8.33. The normalized spacial score (nSPS) is 14.9. The highest BCUT2D eigenvalue weighted by Crippen LogP contribution is 2.36. The zero-order valence-electron chi connectivity index (χ0n) is 24.1. The van der Waals surface area contributed by atoms with Crippen molar-refractivity contribution < 1.29 is 19.0 Å². The zero-order chi connectivity index (χ0) is 30.7. The number of carbonyl (C=O) groups is 1. The number of hydrogen-bond acceptors (Lipinski definition) is 7. The second kappa shape index (κ2) is 13.6. The van der Waals surface area contributed by atoms with E-state index in [0.29, 0.717) is 38.7 Å². The second-order valence-corrected chi connectivity index (χ2v) is 13.0. The van der Waals surface area contributed by atoms with Crippen molar-refractivity contribution in [3.05, 3.63) is 117 Å². The summed E-state index contributed by atoms with van der Waals surface area (Å²) in [5, 5.41) is 0. The third-order valence-electron chi connectivity index (χ3n) is 6.56. The van der Waals surface area contributed by atoms with Gasteiger partial charge in [0.2, 0.25) is 0 Å². The second-order valence-electron chi connectivity index (χ2n) is 9.91. The van der Waals surface area contributed by atoms with E-state index in [4.69, 9.17) is 19.2 Å². The monoisotopic (exact) mass is 772 g/mol. The molecule has 10 heteroatoms. The lowest BCUT2D eigenvalue weighted by Gasteiger charge is -2.26. The summed E-state index contributed by atoms with van der Waals surface area (Å²) in [6, 6.07) is 20.1. The van der Waals surface area contributed by atoms with E-state index < -0.39 is 12.0 Å². The van der Waals surface area contributed by atoms with Gasteiger partial charge in [0.1, 0.15) is 11.5 Å². The molecule has 222 valence electrons. The molecule has 0 radical (unpaired) electrons. The molecule has 1 aliphatic heterocycles. The van der Waals surface area contributed by atoms with Gasteiger partial charge in [-0.05, 0) is 86.2 Å². The third kappa shape index (κ3) is 6.66. The lowest BCUT2D eigenvalue weighted by Crippen LogP contribution is -2.40. The van der Waals surface area contributed by atoms with Crippen LogP contribution in [0.15, 0.2) is 86.6 Å². The maximum Gasteiger partial charge on any atom is 0.338 e. The highest BCUT2D eigenvalue weighted by Gasteiger charge is 2.35. The molecule has 0 saturated carbocycles. The SMILES string of the molecule is CCOC(=O)C1=C(c2ccccc2)N=c2s/c(=C\c3cc(Br)cc(I)c3OC(C)C)c(=O)n2[C@H]1c1ccc(OCC)cc1. The third-order valence-corrected chi connectivity index (χ3v) is 8.80. The van der Waals surface area contributed by atoms with Gasteiger partial charge < -0.3 is 14.2 Å². The number of hydrogen-bond donors (Lipinski definition) is 0. The molecule has 0 unspecified atom stereocenters. The first-order valence-corrected chi connectivity index (χ1v) is 16.6. The highest BCUT2D eigenvalue weighted by atomic mass is 127. The summed E-state index contributed by atoms with van der Waals surface area (Å²) in [4.78, 5) is 33.4. The predicted octanol–water partition coefficient (Wildman–Crippen LogP) is 6.49. The molecule has 7 nitrogen and oxygen atoms in total. The number of benzene rings is 3. The van der Waals surface area contributed by atoms with E-state index >= 15 is 0 Å². The number of thiazole rings is 1. The summed E-state index contributed by atoms with van der Waals surface area (Å²) >= 11 is 7.10. The van der Waals surface area contributed by atoms with Crippen molar-refractivity contribution in [2.24, 2.45) is 4.99 Å². The van der Waals surface area contributed by atoms with Gasteiger partial charge >= 0.3 is 5.97 Å². The number of esters is 1. The maximum absolute atomic E-state index is 14.3. The van der Waals surface area contributed by atoms with E-state index in [1.165, 1.54) is 11.3 Å². The molecule has 0 amide bonds.